The van der Waals surface area contributed by atoms with E-state index in [1.807, 2.05) is 0 Å². The Morgan fingerprint density at radius 1 is 1.64 bits per heavy atom. The van der Waals surface area contributed by atoms with Gasteiger partial charge in [-0.25, -0.2) is 0 Å². The smallest absolute Gasteiger partial charge is 0.296 e. The highest BCUT2D eigenvalue weighted by Gasteiger charge is 2.07. The molecule has 0 aromatic carbocycles. The molecule has 7 heteroatoms. The fourth-order valence-corrected chi connectivity index (χ4v) is 0.592. The molecular weight excluding hydrogens is 173 g/mol. The summed E-state index contributed by atoms with van der Waals surface area (Å²) in [6.07, 6.45) is 0. The van der Waals surface area contributed by atoms with E-state index >= 15 is 0 Å². The van der Waals surface area contributed by atoms with Crippen LogP contribution in [0, 0.1) is 11.3 Å². The average Bonchev–Trinajstić information content (AvgIpc) is 1.82. The van der Waals surface area contributed by atoms with Crippen molar-refractivity contribution in [2.24, 2.45) is 0 Å². The van der Waals surface area contributed by atoms with Gasteiger partial charge in [0.2, 0.25) is 0 Å². The van der Waals surface area contributed by atoms with Gasteiger partial charge in [-0.05, 0) is 0 Å². The van der Waals surface area contributed by atoms with Crippen molar-refractivity contribution in [3.63, 3.8) is 0 Å². The first-order valence-corrected chi connectivity index (χ1v) is 3.68. The van der Waals surface area contributed by atoms with Gasteiger partial charge >= 0.3 is 0 Å². The van der Waals surface area contributed by atoms with Crippen molar-refractivity contribution in [3.05, 3.63) is 12.3 Å². The Labute approximate surface area is 62.0 Å². The van der Waals surface area contributed by atoms with Crippen molar-refractivity contribution >= 4 is 13.6 Å². The van der Waals surface area contributed by atoms with Crippen LogP contribution in [-0.4, -0.2) is 5.78 Å². The van der Waals surface area contributed by atoms with Gasteiger partial charge in [-0.3, -0.25) is 4.79 Å². The molecule has 0 spiro atoms. The van der Waals surface area contributed by atoms with Crippen LogP contribution in [0.15, 0.2) is 12.3 Å². The monoisotopic (exact) mass is 175 g/mol. The topological polar surface area (TPSA) is 113 Å². The fourth-order valence-electron chi connectivity index (χ4n) is 0.239. The summed E-state index contributed by atoms with van der Waals surface area (Å²) in [6.45, 7) is 2.74. The highest BCUT2D eigenvalue weighted by molar-refractivity contribution is 7.43. The molecule has 0 fully saturated rings. The van der Waals surface area contributed by atoms with Gasteiger partial charge in [-0.1, -0.05) is 6.58 Å². The second-order valence-electron chi connectivity index (χ2n) is 1.40. The number of phosphoric ester groups is 1. The Bertz CT molecular complexity index is 271. The highest BCUT2D eigenvalue weighted by atomic mass is 31.2. The second-order valence-corrected chi connectivity index (χ2v) is 2.48. The molecule has 0 atom stereocenters. The molecule has 0 aromatic rings. The largest absolute Gasteiger partial charge is 0.780 e. The minimum absolute atomic E-state index is 0.985. The fraction of sp³-hybridized carbons (Fsp3) is 0. The van der Waals surface area contributed by atoms with Crippen LogP contribution in [0.3, 0.4) is 0 Å². The van der Waals surface area contributed by atoms with Crippen molar-refractivity contribution in [3.8, 4) is 6.07 Å². The Morgan fingerprint density at radius 2 is 2.09 bits per heavy atom. The molecule has 0 unspecified atom stereocenters. The molecular formula is C4H2NO5P-2. The summed E-state index contributed by atoms with van der Waals surface area (Å²) in [5.74, 6) is -2.28. The SMILES string of the molecule is C=C(OP(=O)([O-])[O-])C(=O)C#N. The van der Waals surface area contributed by atoms with Gasteiger partial charge in [0.1, 0.15) is 13.9 Å². The summed E-state index contributed by atoms with van der Waals surface area (Å²) in [5, 5.41) is 7.87. The zero-order chi connectivity index (χ0) is 9.07. The van der Waals surface area contributed by atoms with Gasteiger partial charge in [-0.15, -0.1) is 0 Å². The molecule has 11 heavy (non-hydrogen) atoms. The average molecular weight is 175 g/mol. The first-order chi connectivity index (χ1) is 4.87. The summed E-state index contributed by atoms with van der Waals surface area (Å²) < 4.78 is 13.3. The van der Waals surface area contributed by atoms with E-state index in [0.29, 0.717) is 0 Å². The number of phosphoric acid groups is 1. The maximum atomic E-state index is 10.2. The van der Waals surface area contributed by atoms with Gasteiger partial charge in [-0.2, -0.15) is 5.26 Å². The second kappa shape index (κ2) is 3.30. The highest BCUT2D eigenvalue weighted by Crippen LogP contribution is 2.28. The zero-order valence-electron chi connectivity index (χ0n) is 5.14. The first-order valence-electron chi connectivity index (χ1n) is 2.22. The standard InChI is InChI=1S/C4H4NO5P/c1-3(4(6)2-5)10-11(7,8)9/h1H2,(H2,7,8,9)/p-2. The molecule has 0 saturated heterocycles. The summed E-state index contributed by atoms with van der Waals surface area (Å²) in [7, 11) is -5.26. The van der Waals surface area contributed by atoms with E-state index in [9.17, 15) is 19.1 Å². The van der Waals surface area contributed by atoms with E-state index in [1.54, 1.807) is 0 Å². The van der Waals surface area contributed by atoms with Crippen LogP contribution in [0.1, 0.15) is 0 Å². The summed E-state index contributed by atoms with van der Waals surface area (Å²) in [5.41, 5.74) is 0. The summed E-state index contributed by atoms with van der Waals surface area (Å²) in [4.78, 5) is 29.8. The number of nitriles is 1. The molecule has 0 bridgehead atoms. The van der Waals surface area contributed by atoms with Crippen molar-refractivity contribution in [2.45, 2.75) is 0 Å². The maximum Gasteiger partial charge on any atom is 0.296 e. The predicted molar refractivity (Wildman–Crippen MR) is 28.5 cm³/mol. The predicted octanol–water partition coefficient (Wildman–Crippen LogP) is -1.56. The van der Waals surface area contributed by atoms with Crippen LogP contribution in [-0.2, 0) is 13.9 Å². The Balaban J connectivity index is 4.25. The molecule has 0 rings (SSSR count). The molecule has 0 amide bonds. The molecule has 0 N–H and O–H groups in total. The lowest BCUT2D eigenvalue weighted by Gasteiger charge is -2.28. The maximum absolute atomic E-state index is 10.2. The number of rotatable bonds is 3. The molecule has 0 aliphatic rings. The normalized spacial score (nSPS) is 9.91. The van der Waals surface area contributed by atoms with E-state index in [2.05, 4.69) is 11.1 Å². The third-order valence-electron chi connectivity index (χ3n) is 0.577. The van der Waals surface area contributed by atoms with Gasteiger partial charge in [0.15, 0.2) is 5.76 Å². The van der Waals surface area contributed by atoms with Crippen molar-refractivity contribution < 1.29 is 23.7 Å². The van der Waals surface area contributed by atoms with Crippen LogP contribution in [0.5, 0.6) is 0 Å². The van der Waals surface area contributed by atoms with Crippen molar-refractivity contribution in [1.82, 2.24) is 0 Å². The summed E-state index contributed by atoms with van der Waals surface area (Å²) >= 11 is 0. The Kier molecular flexibility index (Phi) is 2.96. The molecule has 6 nitrogen and oxygen atoms in total. The lowest BCUT2D eigenvalue weighted by Crippen LogP contribution is -2.17. The molecule has 0 saturated carbocycles. The number of allylic oxidation sites excluding steroid dienone is 1. The first kappa shape index (κ1) is 9.85. The van der Waals surface area contributed by atoms with Gasteiger partial charge in [0.05, 0.1) is 0 Å². The van der Waals surface area contributed by atoms with Crippen LogP contribution >= 0.6 is 7.82 Å². The number of nitrogens with zero attached hydrogens (tertiary/aromatic N) is 1. The molecule has 60 valence electrons. The molecule has 0 radical (unpaired) electrons. The van der Waals surface area contributed by atoms with Crippen molar-refractivity contribution in [1.29, 1.82) is 5.26 Å². The number of carbonyl (C=O) groups is 1. The quantitative estimate of drug-likeness (QED) is 0.222. The minimum atomic E-state index is -5.26. The number of ketones is 1. The summed E-state index contributed by atoms with van der Waals surface area (Å²) in [6, 6.07) is 1.02. The number of Topliss-reactive ketones (excluding diaryl/α,β-unsaturated/α-hetero) is 1. The van der Waals surface area contributed by atoms with E-state index in [0.717, 1.165) is 6.07 Å². The number of hydrogen-bond donors (Lipinski definition) is 0. The van der Waals surface area contributed by atoms with Gasteiger partial charge < -0.3 is 18.9 Å². The zero-order valence-corrected chi connectivity index (χ0v) is 6.04. The third-order valence-corrected chi connectivity index (χ3v) is 1.02. The third kappa shape index (κ3) is 4.28. The van der Waals surface area contributed by atoms with Crippen LogP contribution in [0.4, 0.5) is 0 Å². The van der Waals surface area contributed by atoms with Gasteiger partial charge in [0, 0.05) is 0 Å². The van der Waals surface area contributed by atoms with Crippen LogP contribution in [0.2, 0.25) is 0 Å². The Hall–Kier alpha value is -1.15. The van der Waals surface area contributed by atoms with Gasteiger partial charge in [0.25, 0.3) is 5.78 Å². The van der Waals surface area contributed by atoms with E-state index in [4.69, 9.17) is 5.26 Å². The molecule has 0 heterocycles. The van der Waals surface area contributed by atoms with E-state index in [-0.39, 0.29) is 0 Å². The Morgan fingerprint density at radius 3 is 2.36 bits per heavy atom. The van der Waals surface area contributed by atoms with Crippen LogP contribution < -0.4 is 9.79 Å². The van der Waals surface area contributed by atoms with E-state index < -0.39 is 19.4 Å². The molecule has 0 aliphatic carbocycles. The minimum Gasteiger partial charge on any atom is -0.780 e. The molecule has 0 aliphatic heterocycles. The van der Waals surface area contributed by atoms with Crippen molar-refractivity contribution in [2.75, 3.05) is 0 Å². The lowest BCUT2D eigenvalue weighted by atomic mass is 10.4. The molecule has 0 aromatic heterocycles. The van der Waals surface area contributed by atoms with E-state index in [1.165, 1.54) is 0 Å². The van der Waals surface area contributed by atoms with Crippen LogP contribution in [0.25, 0.3) is 0 Å². The lowest BCUT2D eigenvalue weighted by molar-refractivity contribution is -0.338. The number of carbonyl (C=O) groups excluding carboxylic acids is 1. The number of hydrogen-bond acceptors (Lipinski definition) is 6.